The molecule has 0 aliphatic heterocycles. The highest BCUT2D eigenvalue weighted by Crippen LogP contribution is 2.28. The fourth-order valence-electron chi connectivity index (χ4n) is 1.63. The first-order valence-corrected chi connectivity index (χ1v) is 4.87. The van der Waals surface area contributed by atoms with Crippen molar-refractivity contribution in [1.82, 2.24) is 5.48 Å². The second kappa shape index (κ2) is 5.78. The van der Waals surface area contributed by atoms with Gasteiger partial charge in [0.2, 0.25) is 0 Å². The van der Waals surface area contributed by atoms with Crippen LogP contribution >= 0.6 is 0 Å². The topological polar surface area (TPSA) is 64.9 Å². The van der Waals surface area contributed by atoms with E-state index in [1.165, 1.54) is 0 Å². The summed E-state index contributed by atoms with van der Waals surface area (Å²) >= 11 is 0. The van der Waals surface area contributed by atoms with E-state index in [0.29, 0.717) is 25.0 Å². The van der Waals surface area contributed by atoms with Gasteiger partial charge in [0.1, 0.15) is 0 Å². The van der Waals surface area contributed by atoms with E-state index in [1.54, 1.807) is 0 Å². The summed E-state index contributed by atoms with van der Waals surface area (Å²) in [5.74, 6) is 0. The summed E-state index contributed by atoms with van der Waals surface area (Å²) in [5, 5.41) is 20.6. The van der Waals surface area contributed by atoms with Crippen molar-refractivity contribution in [2.45, 2.75) is 45.6 Å². The largest absolute Gasteiger partial charge is 0.411 e. The van der Waals surface area contributed by atoms with Gasteiger partial charge in [-0.3, -0.25) is 0 Å². The van der Waals surface area contributed by atoms with Crippen LogP contribution in [0.3, 0.4) is 0 Å². The molecule has 0 amide bonds. The predicted octanol–water partition coefficient (Wildman–Crippen LogP) is 2.32. The zero-order valence-electron chi connectivity index (χ0n) is 9.17. The molecule has 0 saturated heterocycles. The lowest BCUT2D eigenvalue weighted by molar-refractivity contribution is 0.0718. The number of rotatable bonds is 1. The van der Waals surface area contributed by atoms with Crippen molar-refractivity contribution in [1.29, 1.82) is 0 Å². The average Bonchev–Trinajstić information content (AvgIpc) is 2.19. The summed E-state index contributed by atoms with van der Waals surface area (Å²) < 4.78 is 0. The van der Waals surface area contributed by atoms with Gasteiger partial charge in [0, 0.05) is 18.4 Å². The Morgan fingerprint density at radius 2 is 2.00 bits per heavy atom. The van der Waals surface area contributed by atoms with E-state index < -0.39 is 5.54 Å². The molecule has 0 aromatic heterocycles. The molecule has 1 saturated carbocycles. The molecule has 0 radical (unpaired) electrons. The Morgan fingerprint density at radius 1 is 1.43 bits per heavy atom. The molecule has 82 valence electrons. The summed E-state index contributed by atoms with van der Waals surface area (Å²) in [5.41, 5.74) is 3.44. The van der Waals surface area contributed by atoms with E-state index in [4.69, 9.17) is 10.4 Å². The highest BCUT2D eigenvalue weighted by atomic mass is 16.5. The second-order valence-corrected chi connectivity index (χ2v) is 3.62. The van der Waals surface area contributed by atoms with Crippen LogP contribution in [-0.2, 0) is 0 Å². The van der Waals surface area contributed by atoms with Crippen molar-refractivity contribution in [3.05, 3.63) is 12.2 Å². The molecule has 1 unspecified atom stereocenters. The Kier molecular flexibility index (Phi) is 5.42. The number of oxime groups is 1. The first-order chi connectivity index (χ1) is 6.59. The van der Waals surface area contributed by atoms with Crippen molar-refractivity contribution >= 4 is 5.71 Å². The maximum absolute atomic E-state index is 8.85. The van der Waals surface area contributed by atoms with Gasteiger partial charge in [0.15, 0.2) is 0 Å². The van der Waals surface area contributed by atoms with Gasteiger partial charge in [-0.2, -0.15) is 5.48 Å². The smallest absolute Gasteiger partial charge is 0.0630 e. The van der Waals surface area contributed by atoms with Crippen LogP contribution in [0.1, 0.15) is 40.0 Å². The summed E-state index contributed by atoms with van der Waals surface area (Å²) in [6.07, 6.45) is 1.90. The third kappa shape index (κ3) is 3.47. The van der Waals surface area contributed by atoms with Crippen LogP contribution in [0.4, 0.5) is 0 Å². The van der Waals surface area contributed by atoms with Crippen molar-refractivity contribution in [3.63, 3.8) is 0 Å². The van der Waals surface area contributed by atoms with Crippen molar-refractivity contribution in [3.8, 4) is 0 Å². The summed E-state index contributed by atoms with van der Waals surface area (Å²) in [6.45, 7) is 9.68. The van der Waals surface area contributed by atoms with E-state index in [0.717, 1.165) is 5.57 Å². The monoisotopic (exact) mass is 200 g/mol. The number of hydrogen-bond donors (Lipinski definition) is 3. The van der Waals surface area contributed by atoms with Crippen LogP contribution in [0, 0.1) is 0 Å². The van der Waals surface area contributed by atoms with Gasteiger partial charge in [-0.1, -0.05) is 31.2 Å². The molecule has 1 rings (SSSR count). The number of hydrogen-bond acceptors (Lipinski definition) is 4. The standard InChI is InChI=1S/C8H14N2O2.C2H6/c1-6-3-7(9-11)5-8(2,4-6)10-12;1-2/h10-12H,1,3-5H2,2H3;1-2H3/b9-7-;. The summed E-state index contributed by atoms with van der Waals surface area (Å²) in [7, 11) is 0. The lowest BCUT2D eigenvalue weighted by Crippen LogP contribution is -2.45. The van der Waals surface area contributed by atoms with Crippen molar-refractivity contribution < 1.29 is 10.4 Å². The van der Waals surface area contributed by atoms with E-state index in [9.17, 15) is 0 Å². The molecule has 0 bridgehead atoms. The molecule has 1 aliphatic rings. The first kappa shape index (κ1) is 13.1. The fraction of sp³-hybridized carbons (Fsp3) is 0.700. The Balaban J connectivity index is 0.000000791. The van der Waals surface area contributed by atoms with Gasteiger partial charge in [0.05, 0.1) is 5.71 Å². The minimum atomic E-state index is -0.420. The van der Waals surface area contributed by atoms with Crippen LogP contribution in [-0.4, -0.2) is 21.7 Å². The molecular formula is C10H20N2O2. The van der Waals surface area contributed by atoms with Gasteiger partial charge in [-0.15, -0.1) is 0 Å². The zero-order valence-corrected chi connectivity index (χ0v) is 9.17. The van der Waals surface area contributed by atoms with Gasteiger partial charge < -0.3 is 10.4 Å². The Morgan fingerprint density at radius 3 is 2.43 bits per heavy atom. The highest BCUT2D eigenvalue weighted by Gasteiger charge is 2.31. The second-order valence-electron chi connectivity index (χ2n) is 3.62. The molecule has 4 heteroatoms. The minimum Gasteiger partial charge on any atom is -0.411 e. The third-order valence-corrected chi connectivity index (χ3v) is 2.10. The zero-order chi connectivity index (χ0) is 11.2. The van der Waals surface area contributed by atoms with Gasteiger partial charge in [-0.25, -0.2) is 0 Å². The van der Waals surface area contributed by atoms with Crippen molar-refractivity contribution in [2.24, 2.45) is 5.16 Å². The number of nitrogens with zero attached hydrogens (tertiary/aromatic N) is 1. The van der Waals surface area contributed by atoms with E-state index in [2.05, 4.69) is 17.2 Å². The van der Waals surface area contributed by atoms with E-state index in [-0.39, 0.29) is 0 Å². The molecule has 0 aromatic carbocycles. The normalized spacial score (nSPS) is 29.7. The first-order valence-electron chi connectivity index (χ1n) is 4.87. The minimum absolute atomic E-state index is 0.420. The van der Waals surface area contributed by atoms with Crippen LogP contribution in [0.15, 0.2) is 17.3 Å². The highest BCUT2D eigenvalue weighted by molar-refractivity contribution is 5.88. The molecule has 0 spiro atoms. The molecule has 0 heterocycles. The van der Waals surface area contributed by atoms with E-state index >= 15 is 0 Å². The van der Waals surface area contributed by atoms with Crippen LogP contribution in [0.5, 0.6) is 0 Å². The molecule has 3 N–H and O–H groups in total. The lowest BCUT2D eigenvalue weighted by atomic mass is 9.80. The van der Waals surface area contributed by atoms with Crippen LogP contribution in [0.2, 0.25) is 0 Å². The van der Waals surface area contributed by atoms with Gasteiger partial charge >= 0.3 is 0 Å². The molecule has 4 nitrogen and oxygen atoms in total. The summed E-state index contributed by atoms with van der Waals surface area (Å²) in [6, 6.07) is 0. The maximum atomic E-state index is 8.85. The van der Waals surface area contributed by atoms with Gasteiger partial charge in [0.25, 0.3) is 0 Å². The predicted molar refractivity (Wildman–Crippen MR) is 56.9 cm³/mol. The maximum Gasteiger partial charge on any atom is 0.0630 e. The number of nitrogens with one attached hydrogen (secondary N) is 1. The lowest BCUT2D eigenvalue weighted by Gasteiger charge is -2.33. The number of hydroxylamine groups is 1. The third-order valence-electron chi connectivity index (χ3n) is 2.10. The fourth-order valence-corrected chi connectivity index (χ4v) is 1.63. The Bertz CT molecular complexity index is 226. The molecule has 1 aliphatic carbocycles. The quantitative estimate of drug-likeness (QED) is 0.346. The average molecular weight is 200 g/mol. The molecule has 1 fully saturated rings. The molecule has 14 heavy (non-hydrogen) atoms. The summed E-state index contributed by atoms with van der Waals surface area (Å²) in [4.78, 5) is 0. The van der Waals surface area contributed by atoms with Crippen molar-refractivity contribution in [2.75, 3.05) is 0 Å². The molecular weight excluding hydrogens is 180 g/mol. The SMILES string of the molecule is C=C1C/C(=N/O)CC(C)(NO)C1.CC. The van der Waals surface area contributed by atoms with Gasteiger partial charge in [-0.05, 0) is 13.3 Å². The Hall–Kier alpha value is -0.870. The molecule has 0 aromatic rings. The van der Waals surface area contributed by atoms with Crippen LogP contribution in [0.25, 0.3) is 0 Å². The molecule has 1 atom stereocenters. The van der Waals surface area contributed by atoms with Crippen LogP contribution < -0.4 is 5.48 Å². The Labute approximate surface area is 85.3 Å². The van der Waals surface area contributed by atoms with E-state index in [1.807, 2.05) is 20.8 Å².